The second-order valence-corrected chi connectivity index (χ2v) is 1.83. The second-order valence-electron chi connectivity index (χ2n) is 1.83. The van der Waals surface area contributed by atoms with Crippen molar-refractivity contribution in [3.8, 4) is 0 Å². The topological polar surface area (TPSA) is 65.0 Å². The molecule has 0 aromatic heterocycles. The number of esters is 1. The molecule has 1 atom stereocenters. The van der Waals surface area contributed by atoms with Crippen LogP contribution in [0.15, 0.2) is 4.99 Å². The van der Waals surface area contributed by atoms with E-state index in [-0.39, 0.29) is 6.61 Å². The van der Waals surface area contributed by atoms with Crippen LogP contribution in [0.1, 0.15) is 6.92 Å². The van der Waals surface area contributed by atoms with Crippen molar-refractivity contribution in [1.82, 2.24) is 0 Å². The molecule has 1 aliphatic rings. The number of ether oxygens (including phenoxy) is 2. The van der Waals surface area contributed by atoms with Gasteiger partial charge in [0.25, 0.3) is 0 Å². The van der Waals surface area contributed by atoms with Gasteiger partial charge in [0.05, 0.1) is 12.8 Å². The number of rotatable bonds is 2. The second kappa shape index (κ2) is 3.14. The molecule has 11 heavy (non-hydrogen) atoms. The smallest absolute Gasteiger partial charge is 0.434 e. The number of carbonyl (C=O) groups excluding carboxylic acids is 2. The molecule has 0 fully saturated rings. The number of aliphatic imine (C=N–C) groups is 1. The summed E-state index contributed by atoms with van der Waals surface area (Å²) in [6, 6.07) is 0. The van der Waals surface area contributed by atoms with Crippen molar-refractivity contribution < 1.29 is 19.1 Å². The summed E-state index contributed by atoms with van der Waals surface area (Å²) in [5, 5.41) is 0. The van der Waals surface area contributed by atoms with E-state index in [9.17, 15) is 9.59 Å². The summed E-state index contributed by atoms with van der Waals surface area (Å²) in [7, 11) is 0. The Morgan fingerprint density at radius 1 is 1.91 bits per heavy atom. The van der Waals surface area contributed by atoms with Gasteiger partial charge in [-0.05, 0) is 6.92 Å². The van der Waals surface area contributed by atoms with Crippen molar-refractivity contribution >= 4 is 18.3 Å². The summed E-state index contributed by atoms with van der Waals surface area (Å²) in [6.07, 6.45) is -0.564. The lowest BCUT2D eigenvalue weighted by molar-refractivity contribution is -0.148. The van der Waals surface area contributed by atoms with Gasteiger partial charge in [-0.3, -0.25) is 0 Å². The van der Waals surface area contributed by atoms with Gasteiger partial charge < -0.3 is 9.47 Å². The highest BCUT2D eigenvalue weighted by Crippen LogP contribution is 2.02. The van der Waals surface area contributed by atoms with E-state index in [1.807, 2.05) is 0 Å². The lowest BCUT2D eigenvalue weighted by Gasteiger charge is -2.04. The minimum atomic E-state index is -0.942. The van der Waals surface area contributed by atoms with Gasteiger partial charge in [-0.1, -0.05) is 0 Å². The van der Waals surface area contributed by atoms with Crippen LogP contribution in [-0.2, 0) is 14.3 Å². The molecule has 0 aromatic carbocycles. The minimum absolute atomic E-state index is 0.265. The zero-order chi connectivity index (χ0) is 8.27. The predicted molar refractivity (Wildman–Crippen MR) is 35.4 cm³/mol. The van der Waals surface area contributed by atoms with Crippen LogP contribution in [0.2, 0.25) is 0 Å². The van der Waals surface area contributed by atoms with Crippen molar-refractivity contribution in [3.05, 3.63) is 0 Å². The van der Waals surface area contributed by atoms with Gasteiger partial charge in [0.2, 0.25) is 6.10 Å². The summed E-state index contributed by atoms with van der Waals surface area (Å²) in [6.45, 7) is 1.94. The van der Waals surface area contributed by atoms with Crippen LogP contribution in [0.4, 0.5) is 4.79 Å². The van der Waals surface area contributed by atoms with Crippen molar-refractivity contribution in [3.63, 3.8) is 0 Å². The third kappa shape index (κ3) is 1.76. The molecule has 60 valence electrons. The molecule has 0 saturated heterocycles. The number of carbonyl (C=O) groups is 2. The van der Waals surface area contributed by atoms with Gasteiger partial charge in [-0.2, -0.15) is 4.99 Å². The molecule has 5 nitrogen and oxygen atoms in total. The average molecular weight is 157 g/mol. The van der Waals surface area contributed by atoms with Gasteiger partial charge in [0, 0.05) is 0 Å². The molecule has 0 aliphatic carbocycles. The van der Waals surface area contributed by atoms with E-state index in [1.54, 1.807) is 6.92 Å². The Balaban J connectivity index is 2.44. The van der Waals surface area contributed by atoms with Crippen LogP contribution in [-0.4, -0.2) is 31.0 Å². The maximum absolute atomic E-state index is 10.8. The van der Waals surface area contributed by atoms with Gasteiger partial charge in [-0.25, -0.2) is 9.59 Å². The fourth-order valence-corrected chi connectivity index (χ4v) is 0.631. The van der Waals surface area contributed by atoms with Crippen molar-refractivity contribution in [2.24, 2.45) is 4.99 Å². The van der Waals surface area contributed by atoms with E-state index in [2.05, 4.69) is 14.5 Å². The number of nitrogens with zero attached hydrogens (tertiary/aromatic N) is 1. The molecule has 1 heterocycles. The summed E-state index contributed by atoms with van der Waals surface area (Å²) in [4.78, 5) is 24.4. The molecule has 0 bridgehead atoms. The highest BCUT2D eigenvalue weighted by atomic mass is 16.6. The molecule has 1 unspecified atom stereocenters. The number of hydrogen-bond acceptors (Lipinski definition) is 4. The molecule has 5 heteroatoms. The highest BCUT2D eigenvalue weighted by Gasteiger charge is 2.26. The van der Waals surface area contributed by atoms with Crippen LogP contribution in [0.3, 0.4) is 0 Å². The first-order valence-electron chi connectivity index (χ1n) is 3.15. The minimum Gasteiger partial charge on any atom is -0.463 e. The van der Waals surface area contributed by atoms with Crippen LogP contribution < -0.4 is 0 Å². The Morgan fingerprint density at radius 3 is 3.09 bits per heavy atom. The predicted octanol–water partition coefficient (Wildman–Crippen LogP) is 0.139. The molecule has 1 amide bonds. The molecule has 0 aromatic rings. The van der Waals surface area contributed by atoms with Crippen molar-refractivity contribution in [2.75, 3.05) is 6.61 Å². The Morgan fingerprint density at radius 2 is 2.64 bits per heavy atom. The fraction of sp³-hybridized carbons (Fsp3) is 0.500. The van der Waals surface area contributed by atoms with Gasteiger partial charge in [0.15, 0.2) is 0 Å². The van der Waals surface area contributed by atoms with Crippen LogP contribution in [0.5, 0.6) is 0 Å². The molecule has 0 spiro atoms. The van der Waals surface area contributed by atoms with Crippen LogP contribution >= 0.6 is 0 Å². The number of cyclic esters (lactones) is 1. The number of amides is 1. The van der Waals surface area contributed by atoms with E-state index < -0.39 is 18.2 Å². The third-order valence-electron chi connectivity index (χ3n) is 1.06. The molecule has 1 rings (SSSR count). The normalized spacial score (nSPS) is 21.5. The van der Waals surface area contributed by atoms with E-state index in [0.717, 1.165) is 6.21 Å². The molecule has 0 N–H and O–H groups in total. The summed E-state index contributed by atoms with van der Waals surface area (Å²) in [5.74, 6) is -0.581. The van der Waals surface area contributed by atoms with Gasteiger partial charge >= 0.3 is 12.1 Å². The maximum Gasteiger partial charge on any atom is 0.434 e. The zero-order valence-electron chi connectivity index (χ0n) is 5.94. The third-order valence-corrected chi connectivity index (χ3v) is 1.06. The number of hydrogen-bond donors (Lipinski definition) is 0. The lowest BCUT2D eigenvalue weighted by atomic mass is 10.4. The van der Waals surface area contributed by atoms with E-state index in [1.165, 1.54) is 0 Å². The molecule has 0 radical (unpaired) electrons. The largest absolute Gasteiger partial charge is 0.463 e. The maximum atomic E-state index is 10.8. The van der Waals surface area contributed by atoms with Gasteiger partial charge in [0.1, 0.15) is 0 Å². The Bertz CT molecular complexity index is 211. The Hall–Kier alpha value is -1.39. The van der Waals surface area contributed by atoms with Crippen molar-refractivity contribution in [1.29, 1.82) is 0 Å². The zero-order valence-corrected chi connectivity index (χ0v) is 5.94. The Labute approximate surface area is 63.0 Å². The monoisotopic (exact) mass is 157 g/mol. The Kier molecular flexibility index (Phi) is 2.20. The summed E-state index contributed by atoms with van der Waals surface area (Å²) < 4.78 is 9.01. The lowest BCUT2D eigenvalue weighted by Crippen LogP contribution is -2.25. The first-order valence-corrected chi connectivity index (χ1v) is 3.15. The first kappa shape index (κ1) is 7.71. The van der Waals surface area contributed by atoms with Gasteiger partial charge in [-0.15, -0.1) is 0 Å². The van der Waals surface area contributed by atoms with Crippen LogP contribution in [0.25, 0.3) is 0 Å². The molecule has 1 aliphatic heterocycles. The van der Waals surface area contributed by atoms with E-state index in [0.29, 0.717) is 0 Å². The quantitative estimate of drug-likeness (QED) is 0.535. The standard InChI is InChI=1S/C6H7NO4/c1-2-10-5(8)4-3-7-6(9)11-4/h3-4H,2H2,1H3. The van der Waals surface area contributed by atoms with E-state index >= 15 is 0 Å². The fourth-order valence-electron chi connectivity index (χ4n) is 0.631. The van der Waals surface area contributed by atoms with E-state index in [4.69, 9.17) is 0 Å². The summed E-state index contributed by atoms with van der Waals surface area (Å²) >= 11 is 0. The van der Waals surface area contributed by atoms with Crippen molar-refractivity contribution in [2.45, 2.75) is 13.0 Å². The summed E-state index contributed by atoms with van der Waals surface area (Å²) in [5.41, 5.74) is 0. The SMILES string of the molecule is CCOC(=O)C1C=NC(=O)O1. The average Bonchev–Trinajstić information content (AvgIpc) is 2.36. The molecular weight excluding hydrogens is 150 g/mol. The van der Waals surface area contributed by atoms with Crippen LogP contribution in [0, 0.1) is 0 Å². The highest BCUT2D eigenvalue weighted by molar-refractivity contribution is 6.01. The molecule has 0 saturated carbocycles. The molecular formula is C6H7NO4. The first-order chi connectivity index (χ1) is 5.24.